The third kappa shape index (κ3) is 6.59. The van der Waals surface area contributed by atoms with Crippen LogP contribution in [-0.4, -0.2) is 74.8 Å². The van der Waals surface area contributed by atoms with E-state index in [0.717, 1.165) is 37.1 Å². The third-order valence-electron chi connectivity index (χ3n) is 4.97. The van der Waals surface area contributed by atoms with Crippen molar-refractivity contribution >= 4 is 5.91 Å². The highest BCUT2D eigenvalue weighted by molar-refractivity contribution is 5.78. The lowest BCUT2D eigenvalue weighted by Gasteiger charge is -2.36. The number of carbonyl (C=O) groups excluding carboxylic acids is 1. The molecule has 2 N–H and O–H groups in total. The van der Waals surface area contributed by atoms with Gasteiger partial charge in [-0.15, -0.1) is 5.10 Å². The van der Waals surface area contributed by atoms with Gasteiger partial charge in [-0.2, -0.15) is 0 Å². The van der Waals surface area contributed by atoms with E-state index in [1.165, 1.54) is 0 Å². The summed E-state index contributed by atoms with van der Waals surface area (Å²) in [5.41, 5.74) is 1.80. The Hall–Kier alpha value is -2.36. The standard InChI is InChI=1S/C20H30N6O3/c1-25(2)12-16-13-26(24-23-16)9-7-17-5-6-18(19(14-27)29-17)22-20(28)10-15-4-3-8-21-11-15/h3-4,8,11,13,17-19,27H,5-7,9-10,12,14H2,1-2H3,(H,22,28)/t17-,18+,19+/m1/s1. The predicted octanol–water partition coefficient (Wildman–Crippen LogP) is 0.392. The van der Waals surface area contributed by atoms with Gasteiger partial charge in [0, 0.05) is 31.7 Å². The van der Waals surface area contributed by atoms with Gasteiger partial charge < -0.3 is 20.1 Å². The molecule has 29 heavy (non-hydrogen) atoms. The average molecular weight is 402 g/mol. The fraction of sp³-hybridized carbons (Fsp3) is 0.600. The molecular weight excluding hydrogens is 372 g/mol. The smallest absolute Gasteiger partial charge is 0.224 e. The van der Waals surface area contributed by atoms with Gasteiger partial charge in [0.2, 0.25) is 5.91 Å². The minimum absolute atomic E-state index is 0.0279. The predicted molar refractivity (Wildman–Crippen MR) is 107 cm³/mol. The lowest BCUT2D eigenvalue weighted by molar-refractivity contribution is -0.128. The summed E-state index contributed by atoms with van der Waals surface area (Å²) in [5.74, 6) is -0.0838. The molecule has 158 valence electrons. The summed E-state index contributed by atoms with van der Waals surface area (Å²) >= 11 is 0. The number of nitrogens with one attached hydrogen (secondary N) is 1. The molecule has 9 heteroatoms. The van der Waals surface area contributed by atoms with Crippen LogP contribution < -0.4 is 5.32 Å². The first kappa shape index (κ1) is 21.4. The Kier molecular flexibility index (Phi) is 7.68. The minimum atomic E-state index is -0.397. The maximum atomic E-state index is 12.3. The normalized spacial score (nSPS) is 22.0. The molecular formula is C20H30N6O3. The van der Waals surface area contributed by atoms with Crippen molar-refractivity contribution in [3.05, 3.63) is 42.0 Å². The first-order chi connectivity index (χ1) is 14.0. The Morgan fingerprint density at radius 3 is 3.00 bits per heavy atom. The second kappa shape index (κ2) is 10.4. The van der Waals surface area contributed by atoms with Crippen molar-refractivity contribution in [1.82, 2.24) is 30.2 Å². The minimum Gasteiger partial charge on any atom is -0.394 e. The number of aromatic nitrogens is 4. The fourth-order valence-corrected chi connectivity index (χ4v) is 3.58. The zero-order chi connectivity index (χ0) is 20.6. The van der Waals surface area contributed by atoms with E-state index < -0.39 is 6.10 Å². The van der Waals surface area contributed by atoms with E-state index in [0.29, 0.717) is 6.54 Å². The molecule has 0 saturated carbocycles. The largest absolute Gasteiger partial charge is 0.394 e. The van der Waals surface area contributed by atoms with E-state index in [9.17, 15) is 9.90 Å². The number of carbonyl (C=O) groups is 1. The highest BCUT2D eigenvalue weighted by atomic mass is 16.5. The number of aliphatic hydroxyl groups is 1. The average Bonchev–Trinajstić information content (AvgIpc) is 3.14. The zero-order valence-corrected chi connectivity index (χ0v) is 17.1. The highest BCUT2D eigenvalue weighted by Gasteiger charge is 2.31. The lowest BCUT2D eigenvalue weighted by atomic mass is 9.97. The Labute approximate surface area is 171 Å². The van der Waals surface area contributed by atoms with Gasteiger partial charge in [0.1, 0.15) is 6.10 Å². The first-order valence-corrected chi connectivity index (χ1v) is 10.0. The Morgan fingerprint density at radius 1 is 1.41 bits per heavy atom. The van der Waals surface area contributed by atoms with Crippen LogP contribution in [0.3, 0.4) is 0 Å². The number of nitrogens with zero attached hydrogens (tertiary/aromatic N) is 5. The van der Waals surface area contributed by atoms with E-state index in [1.807, 2.05) is 42.0 Å². The van der Waals surface area contributed by atoms with Crippen molar-refractivity contribution in [1.29, 1.82) is 0 Å². The maximum absolute atomic E-state index is 12.3. The number of ether oxygens (including phenoxy) is 1. The Bertz CT molecular complexity index is 767. The van der Waals surface area contributed by atoms with Gasteiger partial charge in [0.25, 0.3) is 0 Å². The highest BCUT2D eigenvalue weighted by Crippen LogP contribution is 2.22. The van der Waals surface area contributed by atoms with Crippen LogP contribution >= 0.6 is 0 Å². The topological polar surface area (TPSA) is 105 Å². The number of pyridine rings is 1. The van der Waals surface area contributed by atoms with Gasteiger partial charge in [-0.1, -0.05) is 11.3 Å². The van der Waals surface area contributed by atoms with Crippen LogP contribution in [0.15, 0.2) is 30.7 Å². The van der Waals surface area contributed by atoms with Gasteiger partial charge >= 0.3 is 0 Å². The fourth-order valence-electron chi connectivity index (χ4n) is 3.58. The van der Waals surface area contributed by atoms with Crippen molar-refractivity contribution in [3.63, 3.8) is 0 Å². The second-order valence-corrected chi connectivity index (χ2v) is 7.77. The molecule has 9 nitrogen and oxygen atoms in total. The monoisotopic (exact) mass is 402 g/mol. The first-order valence-electron chi connectivity index (χ1n) is 10.0. The van der Waals surface area contributed by atoms with E-state index in [-0.39, 0.29) is 31.1 Å². The van der Waals surface area contributed by atoms with Crippen molar-refractivity contribution in [3.8, 4) is 0 Å². The number of rotatable bonds is 9. The number of aryl methyl sites for hydroxylation is 1. The lowest BCUT2D eigenvalue weighted by Crippen LogP contribution is -2.51. The van der Waals surface area contributed by atoms with E-state index in [4.69, 9.17) is 4.74 Å². The van der Waals surface area contributed by atoms with Crippen LogP contribution in [0.1, 0.15) is 30.5 Å². The molecule has 1 aliphatic heterocycles. The molecule has 0 spiro atoms. The van der Waals surface area contributed by atoms with Crippen molar-refractivity contribution in [2.24, 2.45) is 0 Å². The molecule has 1 saturated heterocycles. The Balaban J connectivity index is 1.45. The van der Waals surface area contributed by atoms with Crippen molar-refractivity contribution in [2.45, 2.75) is 57.0 Å². The van der Waals surface area contributed by atoms with Crippen molar-refractivity contribution < 1.29 is 14.6 Å². The second-order valence-electron chi connectivity index (χ2n) is 7.77. The number of amides is 1. The molecule has 0 aromatic carbocycles. The summed E-state index contributed by atoms with van der Waals surface area (Å²) in [5, 5.41) is 21.1. The summed E-state index contributed by atoms with van der Waals surface area (Å²) in [7, 11) is 3.99. The van der Waals surface area contributed by atoms with Gasteiger partial charge in [-0.05, 0) is 45.0 Å². The zero-order valence-electron chi connectivity index (χ0n) is 17.1. The molecule has 0 unspecified atom stereocenters. The Morgan fingerprint density at radius 2 is 2.28 bits per heavy atom. The number of hydrogen-bond donors (Lipinski definition) is 2. The third-order valence-corrected chi connectivity index (χ3v) is 4.97. The van der Waals surface area contributed by atoms with E-state index >= 15 is 0 Å². The molecule has 3 atom stereocenters. The van der Waals surface area contributed by atoms with Crippen LogP contribution in [0.4, 0.5) is 0 Å². The van der Waals surface area contributed by atoms with Crippen LogP contribution in [0.2, 0.25) is 0 Å². The number of aliphatic hydroxyl groups excluding tert-OH is 1. The molecule has 2 aromatic heterocycles. The molecule has 3 rings (SSSR count). The maximum Gasteiger partial charge on any atom is 0.224 e. The molecule has 0 radical (unpaired) electrons. The van der Waals surface area contributed by atoms with Crippen LogP contribution in [0.25, 0.3) is 0 Å². The molecule has 1 aliphatic rings. The van der Waals surface area contributed by atoms with Crippen LogP contribution in [0.5, 0.6) is 0 Å². The summed E-state index contributed by atoms with van der Waals surface area (Å²) in [6, 6.07) is 3.50. The van der Waals surface area contributed by atoms with Gasteiger partial charge in [-0.25, -0.2) is 0 Å². The summed E-state index contributed by atoms with van der Waals surface area (Å²) < 4.78 is 7.88. The molecule has 1 fully saturated rings. The van der Waals surface area contributed by atoms with Gasteiger partial charge in [-0.3, -0.25) is 14.5 Å². The van der Waals surface area contributed by atoms with E-state index in [2.05, 4.69) is 20.6 Å². The summed E-state index contributed by atoms with van der Waals surface area (Å²) in [6.07, 6.45) is 7.61. The summed E-state index contributed by atoms with van der Waals surface area (Å²) in [6.45, 7) is 1.35. The van der Waals surface area contributed by atoms with Crippen molar-refractivity contribution in [2.75, 3.05) is 20.7 Å². The van der Waals surface area contributed by atoms with Gasteiger partial charge in [0.15, 0.2) is 0 Å². The number of hydrogen-bond acceptors (Lipinski definition) is 7. The van der Waals surface area contributed by atoms with E-state index in [1.54, 1.807) is 12.4 Å². The quantitative estimate of drug-likeness (QED) is 0.625. The molecule has 0 bridgehead atoms. The molecule has 0 aliphatic carbocycles. The molecule has 2 aromatic rings. The van der Waals surface area contributed by atoms with Crippen LogP contribution in [0, 0.1) is 0 Å². The van der Waals surface area contributed by atoms with Crippen LogP contribution in [-0.2, 0) is 29.0 Å². The SMILES string of the molecule is CN(C)Cc1cn(CC[C@H]2CC[C@H](NC(=O)Cc3cccnc3)[C@H](CO)O2)nn1. The molecule has 1 amide bonds. The van der Waals surface area contributed by atoms with Gasteiger partial charge in [0.05, 0.1) is 30.9 Å². The summed E-state index contributed by atoms with van der Waals surface area (Å²) in [4.78, 5) is 18.4. The molecule has 3 heterocycles.